The van der Waals surface area contributed by atoms with Gasteiger partial charge in [-0.1, -0.05) is 22.0 Å². The van der Waals surface area contributed by atoms with Crippen molar-refractivity contribution in [3.05, 3.63) is 28.7 Å². The first kappa shape index (κ1) is 15.5. The third-order valence-electron chi connectivity index (χ3n) is 3.44. The highest BCUT2D eigenvalue weighted by molar-refractivity contribution is 9.10. The van der Waals surface area contributed by atoms with E-state index in [4.69, 9.17) is 0 Å². The fourth-order valence-corrected chi connectivity index (χ4v) is 4.48. The number of hydrogen-bond donors (Lipinski definition) is 1. The summed E-state index contributed by atoms with van der Waals surface area (Å²) in [4.78, 5) is 11.9. The van der Waals surface area contributed by atoms with E-state index in [1.54, 1.807) is 31.3 Å². The van der Waals surface area contributed by atoms with Crippen LogP contribution in [0.4, 0.5) is 0 Å². The van der Waals surface area contributed by atoms with Crippen LogP contribution in [-0.4, -0.2) is 38.8 Å². The fourth-order valence-electron chi connectivity index (χ4n) is 2.36. The number of amides is 1. The van der Waals surface area contributed by atoms with E-state index in [0.29, 0.717) is 13.0 Å². The predicted molar refractivity (Wildman–Crippen MR) is 79.7 cm³/mol. The summed E-state index contributed by atoms with van der Waals surface area (Å²) in [7, 11) is -1.96. The van der Waals surface area contributed by atoms with Crippen molar-refractivity contribution in [1.29, 1.82) is 0 Å². The van der Waals surface area contributed by atoms with Crippen molar-refractivity contribution in [3.63, 3.8) is 0 Å². The maximum atomic E-state index is 12.6. The van der Waals surface area contributed by atoms with E-state index in [9.17, 15) is 13.2 Å². The molecule has 20 heavy (non-hydrogen) atoms. The lowest BCUT2D eigenvalue weighted by molar-refractivity contribution is -0.125. The second-order valence-electron chi connectivity index (χ2n) is 4.77. The Morgan fingerprint density at radius 3 is 2.85 bits per heavy atom. The Balaban J connectivity index is 2.23. The molecule has 2 rings (SSSR count). The predicted octanol–water partition coefficient (Wildman–Crippen LogP) is 1.60. The summed E-state index contributed by atoms with van der Waals surface area (Å²) < 4.78 is 27.3. The van der Waals surface area contributed by atoms with Crippen molar-refractivity contribution < 1.29 is 13.2 Å². The molecule has 7 heteroatoms. The van der Waals surface area contributed by atoms with E-state index in [-0.39, 0.29) is 23.3 Å². The van der Waals surface area contributed by atoms with Crippen molar-refractivity contribution in [3.8, 4) is 0 Å². The summed E-state index contributed by atoms with van der Waals surface area (Å²) in [5.74, 6) is -0.366. The molecule has 0 saturated carbocycles. The first-order valence-electron chi connectivity index (χ1n) is 6.42. The topological polar surface area (TPSA) is 66.5 Å². The van der Waals surface area contributed by atoms with Gasteiger partial charge < -0.3 is 5.32 Å². The van der Waals surface area contributed by atoms with Crippen molar-refractivity contribution >= 4 is 31.9 Å². The number of piperidine rings is 1. The summed E-state index contributed by atoms with van der Waals surface area (Å²) in [5.41, 5.74) is 0. The van der Waals surface area contributed by atoms with Gasteiger partial charge in [-0.05, 0) is 31.0 Å². The molecule has 1 amide bonds. The van der Waals surface area contributed by atoms with Gasteiger partial charge in [-0.15, -0.1) is 0 Å². The molecule has 1 heterocycles. The molecule has 1 fully saturated rings. The molecule has 1 unspecified atom stereocenters. The van der Waals surface area contributed by atoms with Crippen LogP contribution in [0.1, 0.15) is 12.8 Å². The first-order chi connectivity index (χ1) is 9.45. The van der Waals surface area contributed by atoms with Crippen molar-refractivity contribution in [2.24, 2.45) is 5.92 Å². The highest BCUT2D eigenvalue weighted by Crippen LogP contribution is 2.25. The van der Waals surface area contributed by atoms with Crippen molar-refractivity contribution in [1.82, 2.24) is 9.62 Å². The van der Waals surface area contributed by atoms with E-state index in [0.717, 1.165) is 10.9 Å². The van der Waals surface area contributed by atoms with Gasteiger partial charge >= 0.3 is 0 Å². The maximum Gasteiger partial charge on any atom is 0.243 e. The number of halogens is 1. The molecule has 1 atom stereocenters. The van der Waals surface area contributed by atoms with Crippen molar-refractivity contribution in [2.75, 3.05) is 20.1 Å². The number of carbonyl (C=O) groups is 1. The molecule has 0 radical (unpaired) electrons. The van der Waals surface area contributed by atoms with E-state index in [2.05, 4.69) is 21.2 Å². The Morgan fingerprint density at radius 2 is 2.20 bits per heavy atom. The summed E-state index contributed by atoms with van der Waals surface area (Å²) >= 11 is 3.28. The first-order valence-corrected chi connectivity index (χ1v) is 8.66. The van der Waals surface area contributed by atoms with E-state index in [1.807, 2.05) is 0 Å². The molecule has 0 bridgehead atoms. The third-order valence-corrected chi connectivity index (χ3v) is 5.79. The van der Waals surface area contributed by atoms with Crippen LogP contribution in [0.2, 0.25) is 0 Å². The monoisotopic (exact) mass is 360 g/mol. The number of hydrogen-bond acceptors (Lipinski definition) is 3. The Bertz CT molecular complexity index is 603. The lowest BCUT2D eigenvalue weighted by atomic mass is 9.99. The van der Waals surface area contributed by atoms with Gasteiger partial charge in [0, 0.05) is 24.6 Å². The molecule has 0 aromatic heterocycles. The van der Waals surface area contributed by atoms with Gasteiger partial charge in [-0.2, -0.15) is 4.31 Å². The Hall–Kier alpha value is -0.920. The SMILES string of the molecule is CNC(=O)C1CCCN(S(=O)(=O)c2cccc(Br)c2)C1. The van der Waals surface area contributed by atoms with Gasteiger partial charge in [0.2, 0.25) is 15.9 Å². The van der Waals surface area contributed by atoms with E-state index < -0.39 is 10.0 Å². The minimum absolute atomic E-state index is 0.0980. The lowest BCUT2D eigenvalue weighted by Gasteiger charge is -2.31. The number of carbonyl (C=O) groups excluding carboxylic acids is 1. The summed E-state index contributed by atoms with van der Waals surface area (Å²) in [6.07, 6.45) is 1.43. The van der Waals surface area contributed by atoms with Crippen LogP contribution in [0.3, 0.4) is 0 Å². The van der Waals surface area contributed by atoms with Crippen LogP contribution in [-0.2, 0) is 14.8 Å². The molecule has 1 saturated heterocycles. The van der Waals surface area contributed by atoms with E-state index in [1.165, 1.54) is 4.31 Å². The smallest absolute Gasteiger partial charge is 0.243 e. The van der Waals surface area contributed by atoms with E-state index >= 15 is 0 Å². The number of benzene rings is 1. The number of sulfonamides is 1. The third kappa shape index (κ3) is 3.21. The van der Waals surface area contributed by atoms with Gasteiger partial charge in [-0.25, -0.2) is 8.42 Å². The van der Waals surface area contributed by atoms with Crippen LogP contribution in [0.5, 0.6) is 0 Å². The zero-order chi connectivity index (χ0) is 14.8. The molecule has 110 valence electrons. The number of nitrogens with one attached hydrogen (secondary N) is 1. The second kappa shape index (κ2) is 6.24. The number of rotatable bonds is 3. The highest BCUT2D eigenvalue weighted by atomic mass is 79.9. The summed E-state index contributed by atoms with van der Waals surface area (Å²) in [5, 5.41) is 2.59. The molecule has 1 aromatic carbocycles. The molecule has 0 spiro atoms. The average Bonchev–Trinajstić information content (AvgIpc) is 2.46. The van der Waals surface area contributed by atoms with Gasteiger partial charge in [0.1, 0.15) is 0 Å². The quantitative estimate of drug-likeness (QED) is 0.889. The van der Waals surface area contributed by atoms with Crippen LogP contribution in [0, 0.1) is 5.92 Å². The van der Waals surface area contributed by atoms with Gasteiger partial charge in [0.15, 0.2) is 0 Å². The lowest BCUT2D eigenvalue weighted by Crippen LogP contribution is -2.44. The molecular formula is C13H17BrN2O3S. The summed E-state index contributed by atoms with van der Waals surface area (Å²) in [6, 6.07) is 6.63. The van der Waals surface area contributed by atoms with Gasteiger partial charge in [0.05, 0.1) is 10.8 Å². The highest BCUT2D eigenvalue weighted by Gasteiger charge is 2.32. The molecule has 1 aliphatic rings. The van der Waals surface area contributed by atoms with Crippen LogP contribution < -0.4 is 5.32 Å². The molecule has 0 aliphatic carbocycles. The molecule has 1 aliphatic heterocycles. The minimum Gasteiger partial charge on any atom is -0.359 e. The average molecular weight is 361 g/mol. The van der Waals surface area contributed by atoms with Gasteiger partial charge in [-0.3, -0.25) is 4.79 Å². The summed E-state index contributed by atoms with van der Waals surface area (Å²) in [6.45, 7) is 0.705. The Morgan fingerprint density at radius 1 is 1.45 bits per heavy atom. The fraction of sp³-hybridized carbons (Fsp3) is 0.462. The van der Waals surface area contributed by atoms with Crippen LogP contribution in [0.15, 0.2) is 33.6 Å². The van der Waals surface area contributed by atoms with Gasteiger partial charge in [0.25, 0.3) is 0 Å². The standard InChI is InChI=1S/C13H17BrN2O3S/c1-15-13(17)10-4-3-7-16(9-10)20(18,19)12-6-2-5-11(14)8-12/h2,5-6,8,10H,3-4,7,9H2,1H3,(H,15,17). The Labute approximate surface area is 127 Å². The minimum atomic E-state index is -3.54. The molecule has 1 aromatic rings. The Kier molecular flexibility index (Phi) is 4.82. The number of nitrogens with zero attached hydrogens (tertiary/aromatic N) is 1. The zero-order valence-corrected chi connectivity index (χ0v) is 13.6. The largest absolute Gasteiger partial charge is 0.359 e. The maximum absolute atomic E-state index is 12.6. The molecule has 5 nitrogen and oxygen atoms in total. The normalized spacial score (nSPS) is 20.6. The van der Waals surface area contributed by atoms with Crippen LogP contribution >= 0.6 is 15.9 Å². The second-order valence-corrected chi connectivity index (χ2v) is 7.63. The van der Waals surface area contributed by atoms with Crippen LogP contribution in [0.25, 0.3) is 0 Å². The zero-order valence-electron chi connectivity index (χ0n) is 11.2. The van der Waals surface area contributed by atoms with Crippen molar-refractivity contribution in [2.45, 2.75) is 17.7 Å². The molecule has 1 N–H and O–H groups in total. The molecular weight excluding hydrogens is 344 g/mol.